The van der Waals surface area contributed by atoms with Crippen molar-refractivity contribution in [2.75, 3.05) is 6.54 Å². The molecule has 1 saturated carbocycles. The van der Waals surface area contributed by atoms with Crippen LogP contribution in [0.3, 0.4) is 0 Å². The number of allylic oxidation sites excluding steroid dienone is 2. The minimum atomic E-state index is 0.765. The van der Waals surface area contributed by atoms with Gasteiger partial charge in [-0.15, -0.1) is 0 Å². The zero-order chi connectivity index (χ0) is 12.2. The molecule has 1 N–H and O–H groups in total. The number of hydrogen-bond donors (Lipinski definition) is 1. The predicted octanol–water partition coefficient (Wildman–Crippen LogP) is 3.88. The molecule has 1 heteroatoms. The number of benzene rings is 1. The van der Waals surface area contributed by atoms with Gasteiger partial charge in [-0.1, -0.05) is 42.5 Å². The van der Waals surface area contributed by atoms with Crippen molar-refractivity contribution < 1.29 is 0 Å². The summed E-state index contributed by atoms with van der Waals surface area (Å²) in [6.45, 7) is 1.22. The lowest BCUT2D eigenvalue weighted by molar-refractivity contribution is 0.271. The van der Waals surface area contributed by atoms with Crippen LogP contribution in [0.15, 0.2) is 42.5 Å². The Bertz CT molecular complexity index is 389. The Hall–Kier alpha value is -1.08. The van der Waals surface area contributed by atoms with Crippen molar-refractivity contribution in [3.63, 3.8) is 0 Å². The van der Waals surface area contributed by atoms with Gasteiger partial charge in [-0.3, -0.25) is 0 Å². The van der Waals surface area contributed by atoms with Crippen molar-refractivity contribution in [1.29, 1.82) is 0 Å². The smallest absolute Gasteiger partial charge is 0.00788 e. The molecule has 0 bridgehead atoms. The standard InChI is InChI=1S/C17H23N/c1-3-7-14(8-4-1)13-18-17-11-16(12-17)15-9-5-2-6-10-15/h1-3,5-6,9-10,14,16-18H,4,7-8,11-13H2. The van der Waals surface area contributed by atoms with Crippen LogP contribution in [0.5, 0.6) is 0 Å². The molecule has 1 nitrogen and oxygen atoms in total. The Morgan fingerprint density at radius 2 is 1.89 bits per heavy atom. The summed E-state index contributed by atoms with van der Waals surface area (Å²) in [5, 5.41) is 3.75. The maximum Gasteiger partial charge on any atom is 0.00788 e. The second-order valence-electron chi connectivity index (χ2n) is 5.83. The molecule has 1 aromatic carbocycles. The maximum absolute atomic E-state index is 3.75. The SMILES string of the molecule is C1=CCC(CNC2CC(c3ccccc3)C2)CC1. The first kappa shape index (κ1) is 12.0. The molecule has 2 aliphatic rings. The van der Waals surface area contributed by atoms with Gasteiger partial charge in [0, 0.05) is 6.04 Å². The fourth-order valence-electron chi connectivity index (χ4n) is 3.16. The van der Waals surface area contributed by atoms with E-state index in [2.05, 4.69) is 47.8 Å². The van der Waals surface area contributed by atoms with E-state index >= 15 is 0 Å². The Morgan fingerprint density at radius 1 is 1.06 bits per heavy atom. The highest BCUT2D eigenvalue weighted by molar-refractivity contribution is 5.22. The fourth-order valence-corrected chi connectivity index (χ4v) is 3.16. The molecule has 0 saturated heterocycles. The summed E-state index contributed by atoms with van der Waals surface area (Å²) >= 11 is 0. The van der Waals surface area contributed by atoms with Gasteiger partial charge in [0.1, 0.15) is 0 Å². The van der Waals surface area contributed by atoms with Crippen LogP contribution in [0, 0.1) is 5.92 Å². The van der Waals surface area contributed by atoms with Crippen molar-refractivity contribution in [2.24, 2.45) is 5.92 Å². The average molecular weight is 241 g/mol. The van der Waals surface area contributed by atoms with Crippen LogP contribution in [0.2, 0.25) is 0 Å². The summed E-state index contributed by atoms with van der Waals surface area (Å²) in [5.41, 5.74) is 1.52. The van der Waals surface area contributed by atoms with Gasteiger partial charge in [0.2, 0.25) is 0 Å². The molecule has 0 spiro atoms. The van der Waals surface area contributed by atoms with E-state index in [1.54, 1.807) is 0 Å². The van der Waals surface area contributed by atoms with Crippen LogP contribution in [0.1, 0.15) is 43.6 Å². The normalized spacial score (nSPS) is 31.0. The van der Waals surface area contributed by atoms with E-state index in [1.165, 1.54) is 44.2 Å². The lowest BCUT2D eigenvalue weighted by atomic mass is 9.75. The third-order valence-electron chi connectivity index (χ3n) is 4.48. The summed E-state index contributed by atoms with van der Waals surface area (Å²) in [6.07, 6.45) is 11.3. The molecular formula is C17H23N. The van der Waals surface area contributed by atoms with Crippen LogP contribution >= 0.6 is 0 Å². The van der Waals surface area contributed by atoms with Crippen LogP contribution < -0.4 is 5.32 Å². The van der Waals surface area contributed by atoms with E-state index in [0.717, 1.165) is 17.9 Å². The fraction of sp³-hybridized carbons (Fsp3) is 0.529. The quantitative estimate of drug-likeness (QED) is 0.789. The molecule has 1 atom stereocenters. The van der Waals surface area contributed by atoms with E-state index in [9.17, 15) is 0 Å². The van der Waals surface area contributed by atoms with Gasteiger partial charge in [0.05, 0.1) is 0 Å². The van der Waals surface area contributed by atoms with Crippen molar-refractivity contribution in [3.05, 3.63) is 48.0 Å². The Balaban J connectivity index is 1.39. The molecule has 0 aliphatic heterocycles. The molecule has 0 heterocycles. The highest BCUT2D eigenvalue weighted by Gasteiger charge is 2.30. The molecule has 2 aliphatic carbocycles. The van der Waals surface area contributed by atoms with E-state index in [-0.39, 0.29) is 0 Å². The zero-order valence-corrected chi connectivity index (χ0v) is 11.0. The minimum Gasteiger partial charge on any atom is -0.314 e. The van der Waals surface area contributed by atoms with Gasteiger partial charge in [0.25, 0.3) is 0 Å². The first-order valence-corrected chi connectivity index (χ1v) is 7.35. The Morgan fingerprint density at radius 3 is 2.61 bits per heavy atom. The van der Waals surface area contributed by atoms with Crippen molar-refractivity contribution >= 4 is 0 Å². The number of hydrogen-bond acceptors (Lipinski definition) is 1. The molecule has 1 fully saturated rings. The average Bonchev–Trinajstić information content (AvgIpc) is 2.39. The molecule has 1 aromatic rings. The van der Waals surface area contributed by atoms with Gasteiger partial charge in [-0.25, -0.2) is 0 Å². The van der Waals surface area contributed by atoms with Crippen LogP contribution in [-0.4, -0.2) is 12.6 Å². The molecule has 0 aromatic heterocycles. The van der Waals surface area contributed by atoms with Gasteiger partial charge < -0.3 is 5.32 Å². The summed E-state index contributed by atoms with van der Waals surface area (Å²) < 4.78 is 0. The van der Waals surface area contributed by atoms with Crippen LogP contribution in [-0.2, 0) is 0 Å². The summed E-state index contributed by atoms with van der Waals surface area (Å²) in [6, 6.07) is 11.7. The third kappa shape index (κ3) is 2.84. The van der Waals surface area contributed by atoms with E-state index in [4.69, 9.17) is 0 Å². The van der Waals surface area contributed by atoms with Gasteiger partial charge in [-0.05, 0) is 56.0 Å². The minimum absolute atomic E-state index is 0.765. The molecular weight excluding hydrogens is 218 g/mol. The molecule has 96 valence electrons. The maximum atomic E-state index is 3.75. The number of nitrogens with one attached hydrogen (secondary N) is 1. The van der Waals surface area contributed by atoms with Crippen molar-refractivity contribution in [1.82, 2.24) is 5.32 Å². The monoisotopic (exact) mass is 241 g/mol. The second-order valence-corrected chi connectivity index (χ2v) is 5.83. The second kappa shape index (κ2) is 5.71. The lowest BCUT2D eigenvalue weighted by Gasteiger charge is -2.37. The molecule has 0 radical (unpaired) electrons. The van der Waals surface area contributed by atoms with Crippen LogP contribution in [0.4, 0.5) is 0 Å². The number of rotatable bonds is 4. The summed E-state index contributed by atoms with van der Waals surface area (Å²) in [4.78, 5) is 0. The first-order chi connectivity index (χ1) is 8.92. The predicted molar refractivity (Wildman–Crippen MR) is 76.7 cm³/mol. The van der Waals surface area contributed by atoms with E-state index < -0.39 is 0 Å². The highest BCUT2D eigenvalue weighted by atomic mass is 14.9. The first-order valence-electron chi connectivity index (χ1n) is 7.35. The molecule has 3 rings (SSSR count). The van der Waals surface area contributed by atoms with Gasteiger partial charge >= 0.3 is 0 Å². The zero-order valence-electron chi connectivity index (χ0n) is 11.0. The molecule has 1 unspecified atom stereocenters. The van der Waals surface area contributed by atoms with Crippen molar-refractivity contribution in [3.8, 4) is 0 Å². The highest BCUT2D eigenvalue weighted by Crippen LogP contribution is 2.36. The summed E-state index contributed by atoms with van der Waals surface area (Å²) in [7, 11) is 0. The van der Waals surface area contributed by atoms with Crippen molar-refractivity contribution in [2.45, 2.75) is 44.1 Å². The summed E-state index contributed by atoms with van der Waals surface area (Å²) in [5.74, 6) is 1.68. The third-order valence-corrected chi connectivity index (χ3v) is 4.48. The van der Waals surface area contributed by atoms with E-state index in [0.29, 0.717) is 0 Å². The van der Waals surface area contributed by atoms with Gasteiger partial charge in [-0.2, -0.15) is 0 Å². The Kier molecular flexibility index (Phi) is 3.80. The van der Waals surface area contributed by atoms with E-state index in [1.807, 2.05) is 0 Å². The largest absolute Gasteiger partial charge is 0.314 e. The topological polar surface area (TPSA) is 12.0 Å². The Labute approximate surface area is 110 Å². The molecule has 0 amide bonds. The lowest BCUT2D eigenvalue weighted by Crippen LogP contribution is -2.42. The van der Waals surface area contributed by atoms with Crippen LogP contribution in [0.25, 0.3) is 0 Å². The molecule has 18 heavy (non-hydrogen) atoms. The van der Waals surface area contributed by atoms with Gasteiger partial charge in [0.15, 0.2) is 0 Å².